The van der Waals surface area contributed by atoms with Gasteiger partial charge >= 0.3 is 0 Å². The third-order valence-corrected chi connectivity index (χ3v) is 4.65. The van der Waals surface area contributed by atoms with Crippen LogP contribution < -0.4 is 16.4 Å². The predicted octanol–water partition coefficient (Wildman–Crippen LogP) is 1.74. The number of hydrogen-bond acceptors (Lipinski definition) is 3. The van der Waals surface area contributed by atoms with Crippen LogP contribution in [0, 0.1) is 11.8 Å². The Morgan fingerprint density at radius 3 is 2.27 bits per heavy atom. The van der Waals surface area contributed by atoms with Crippen molar-refractivity contribution >= 4 is 24.2 Å². The molecule has 0 heterocycles. The van der Waals surface area contributed by atoms with E-state index >= 15 is 0 Å². The SMILES string of the molecule is CC(CC(=O)NC(CN)C1CC1)NC(=O)C1CCCCC1.Cl. The van der Waals surface area contributed by atoms with Gasteiger partial charge in [0.15, 0.2) is 0 Å². The highest BCUT2D eigenvalue weighted by molar-refractivity contribution is 5.85. The van der Waals surface area contributed by atoms with Gasteiger partial charge in [-0.05, 0) is 38.5 Å². The van der Waals surface area contributed by atoms with Gasteiger partial charge in [0.1, 0.15) is 0 Å². The van der Waals surface area contributed by atoms with Gasteiger partial charge in [-0.15, -0.1) is 12.4 Å². The minimum absolute atomic E-state index is 0. The topological polar surface area (TPSA) is 84.2 Å². The van der Waals surface area contributed by atoms with E-state index in [1.165, 1.54) is 6.42 Å². The van der Waals surface area contributed by atoms with E-state index < -0.39 is 0 Å². The fourth-order valence-corrected chi connectivity index (χ4v) is 3.19. The third-order valence-electron chi connectivity index (χ3n) is 4.65. The second-order valence-electron chi connectivity index (χ2n) is 6.70. The molecule has 2 aliphatic rings. The Balaban J connectivity index is 0.00000242. The Morgan fingerprint density at radius 1 is 1.09 bits per heavy atom. The highest BCUT2D eigenvalue weighted by Gasteiger charge is 2.31. The second kappa shape index (κ2) is 9.36. The van der Waals surface area contributed by atoms with Crippen LogP contribution in [0.3, 0.4) is 0 Å². The van der Waals surface area contributed by atoms with E-state index in [-0.39, 0.29) is 42.2 Å². The summed E-state index contributed by atoms with van der Waals surface area (Å²) in [5, 5.41) is 5.98. The average molecular weight is 332 g/mol. The fourth-order valence-electron chi connectivity index (χ4n) is 3.19. The van der Waals surface area contributed by atoms with Crippen LogP contribution in [-0.2, 0) is 9.59 Å². The molecular formula is C16H30ClN3O2. The lowest BCUT2D eigenvalue weighted by molar-refractivity contribution is -0.127. The molecule has 2 atom stereocenters. The van der Waals surface area contributed by atoms with Crippen LogP contribution in [0.4, 0.5) is 0 Å². The molecule has 2 fully saturated rings. The molecule has 6 heteroatoms. The summed E-state index contributed by atoms with van der Waals surface area (Å²) in [6.45, 7) is 2.40. The molecular weight excluding hydrogens is 302 g/mol. The second-order valence-corrected chi connectivity index (χ2v) is 6.70. The minimum atomic E-state index is -0.114. The Hall–Kier alpha value is -0.810. The zero-order chi connectivity index (χ0) is 15.2. The number of halogens is 1. The largest absolute Gasteiger partial charge is 0.353 e. The molecule has 2 rings (SSSR count). The smallest absolute Gasteiger partial charge is 0.223 e. The van der Waals surface area contributed by atoms with Crippen molar-refractivity contribution in [2.75, 3.05) is 6.54 Å². The molecule has 0 saturated heterocycles. The summed E-state index contributed by atoms with van der Waals surface area (Å²) in [5.74, 6) is 0.819. The number of hydrogen-bond donors (Lipinski definition) is 3. The molecule has 0 aromatic heterocycles. The Labute approximate surface area is 139 Å². The molecule has 128 valence electrons. The van der Waals surface area contributed by atoms with Gasteiger partial charge in [0.25, 0.3) is 0 Å². The van der Waals surface area contributed by atoms with E-state index in [0.717, 1.165) is 38.5 Å². The first-order valence-electron chi connectivity index (χ1n) is 8.40. The van der Waals surface area contributed by atoms with Crippen LogP contribution in [0.1, 0.15) is 58.3 Å². The molecule has 5 nitrogen and oxygen atoms in total. The van der Waals surface area contributed by atoms with Gasteiger partial charge in [0.05, 0.1) is 0 Å². The zero-order valence-electron chi connectivity index (χ0n) is 13.5. The van der Waals surface area contributed by atoms with Crippen LogP contribution in [0.5, 0.6) is 0 Å². The van der Waals surface area contributed by atoms with Crippen molar-refractivity contribution < 1.29 is 9.59 Å². The van der Waals surface area contributed by atoms with Gasteiger partial charge in [-0.25, -0.2) is 0 Å². The molecule has 0 aliphatic heterocycles. The van der Waals surface area contributed by atoms with E-state index in [1.807, 2.05) is 6.92 Å². The van der Waals surface area contributed by atoms with Crippen LogP contribution in [-0.4, -0.2) is 30.4 Å². The average Bonchev–Trinajstić information content (AvgIpc) is 3.30. The van der Waals surface area contributed by atoms with E-state index in [0.29, 0.717) is 18.9 Å². The van der Waals surface area contributed by atoms with Crippen molar-refractivity contribution in [3.05, 3.63) is 0 Å². The van der Waals surface area contributed by atoms with Crippen molar-refractivity contribution in [3.63, 3.8) is 0 Å². The number of rotatable bonds is 7. The maximum Gasteiger partial charge on any atom is 0.223 e. The van der Waals surface area contributed by atoms with Crippen molar-refractivity contribution in [2.45, 2.75) is 70.4 Å². The molecule has 0 bridgehead atoms. The van der Waals surface area contributed by atoms with Gasteiger partial charge in [-0.3, -0.25) is 9.59 Å². The van der Waals surface area contributed by atoms with Crippen LogP contribution >= 0.6 is 12.4 Å². The lowest BCUT2D eigenvalue weighted by Gasteiger charge is -2.23. The third kappa shape index (κ3) is 6.13. The van der Waals surface area contributed by atoms with Gasteiger partial charge < -0.3 is 16.4 Å². The summed E-state index contributed by atoms with van der Waals surface area (Å²) in [6, 6.07) is -0.00389. The van der Waals surface area contributed by atoms with E-state index in [1.54, 1.807) is 0 Å². The standard InChI is InChI=1S/C16H29N3O2.ClH/c1-11(18-16(21)13-5-3-2-4-6-13)9-15(20)19-14(10-17)12-7-8-12;/h11-14H,2-10,17H2,1H3,(H,18,21)(H,19,20);1H. The fraction of sp³-hybridized carbons (Fsp3) is 0.875. The molecule has 2 unspecified atom stereocenters. The van der Waals surface area contributed by atoms with Crippen molar-refractivity contribution in [1.82, 2.24) is 10.6 Å². The summed E-state index contributed by atoms with van der Waals surface area (Å²) >= 11 is 0. The molecule has 0 spiro atoms. The normalized spacial score (nSPS) is 21.4. The number of nitrogens with two attached hydrogens (primary N) is 1. The molecule has 2 aliphatic carbocycles. The molecule has 22 heavy (non-hydrogen) atoms. The van der Waals surface area contributed by atoms with Crippen LogP contribution in [0.15, 0.2) is 0 Å². The first-order chi connectivity index (χ1) is 10.1. The zero-order valence-corrected chi connectivity index (χ0v) is 14.3. The lowest BCUT2D eigenvalue weighted by Crippen LogP contribution is -2.45. The maximum atomic E-state index is 12.1. The van der Waals surface area contributed by atoms with Gasteiger partial charge in [0.2, 0.25) is 11.8 Å². The Kier molecular flexibility index (Phi) is 8.18. The quantitative estimate of drug-likeness (QED) is 0.664. The highest BCUT2D eigenvalue weighted by atomic mass is 35.5. The molecule has 0 aromatic rings. The van der Waals surface area contributed by atoms with E-state index in [2.05, 4.69) is 10.6 Å². The predicted molar refractivity (Wildman–Crippen MR) is 89.8 cm³/mol. The van der Waals surface area contributed by atoms with Crippen molar-refractivity contribution in [3.8, 4) is 0 Å². The molecule has 0 aromatic carbocycles. The maximum absolute atomic E-state index is 12.1. The summed E-state index contributed by atoms with van der Waals surface area (Å²) in [5.41, 5.74) is 5.69. The molecule has 4 N–H and O–H groups in total. The minimum Gasteiger partial charge on any atom is -0.353 e. The van der Waals surface area contributed by atoms with Gasteiger partial charge in [-0.2, -0.15) is 0 Å². The number of carbonyl (C=O) groups excluding carboxylic acids is 2. The lowest BCUT2D eigenvalue weighted by atomic mass is 9.88. The van der Waals surface area contributed by atoms with Gasteiger partial charge in [0, 0.05) is 31.0 Å². The molecule has 0 radical (unpaired) electrons. The van der Waals surface area contributed by atoms with Crippen molar-refractivity contribution in [1.29, 1.82) is 0 Å². The number of carbonyl (C=O) groups is 2. The Morgan fingerprint density at radius 2 is 1.73 bits per heavy atom. The number of amides is 2. The summed E-state index contributed by atoms with van der Waals surface area (Å²) in [4.78, 5) is 24.1. The van der Waals surface area contributed by atoms with E-state index in [4.69, 9.17) is 5.73 Å². The monoisotopic (exact) mass is 331 g/mol. The van der Waals surface area contributed by atoms with Crippen LogP contribution in [0.2, 0.25) is 0 Å². The highest BCUT2D eigenvalue weighted by Crippen LogP contribution is 2.32. The summed E-state index contributed by atoms with van der Waals surface area (Å²) in [7, 11) is 0. The molecule has 2 amide bonds. The summed E-state index contributed by atoms with van der Waals surface area (Å²) < 4.78 is 0. The van der Waals surface area contributed by atoms with E-state index in [9.17, 15) is 9.59 Å². The van der Waals surface area contributed by atoms with Gasteiger partial charge in [-0.1, -0.05) is 19.3 Å². The summed E-state index contributed by atoms with van der Waals surface area (Å²) in [6.07, 6.45) is 8.17. The first kappa shape index (κ1) is 19.2. The number of nitrogens with one attached hydrogen (secondary N) is 2. The Bertz CT molecular complexity index is 368. The first-order valence-corrected chi connectivity index (χ1v) is 8.40. The van der Waals surface area contributed by atoms with Crippen LogP contribution in [0.25, 0.3) is 0 Å². The van der Waals surface area contributed by atoms with Crippen molar-refractivity contribution in [2.24, 2.45) is 17.6 Å². The molecule has 2 saturated carbocycles.